The summed E-state index contributed by atoms with van der Waals surface area (Å²) in [6.45, 7) is 2.61. The van der Waals surface area contributed by atoms with Crippen LogP contribution in [0.3, 0.4) is 0 Å². The van der Waals surface area contributed by atoms with Gasteiger partial charge in [-0.15, -0.1) is 0 Å². The number of hydrogen-bond donors (Lipinski definition) is 0. The first kappa shape index (κ1) is 23.4. The number of rotatable bonds is 10. The van der Waals surface area contributed by atoms with Crippen LogP contribution in [0.1, 0.15) is 31.2 Å². The summed E-state index contributed by atoms with van der Waals surface area (Å²) in [5.74, 6) is 2.01. The Morgan fingerprint density at radius 3 is 2.38 bits per heavy atom. The van der Waals surface area contributed by atoms with Crippen molar-refractivity contribution in [2.45, 2.75) is 32.6 Å². The number of imidazole rings is 1. The van der Waals surface area contributed by atoms with Crippen LogP contribution >= 0.6 is 0 Å². The minimum absolute atomic E-state index is 0.175. The maximum atomic E-state index is 11.2. The van der Waals surface area contributed by atoms with Crippen LogP contribution in [-0.2, 0) is 9.53 Å². The number of methoxy groups -OCH3 is 2. The molecular weight excluding hydrogens is 428 g/mol. The van der Waals surface area contributed by atoms with Crippen molar-refractivity contribution in [3.05, 3.63) is 72.3 Å². The molecule has 6 nitrogen and oxygen atoms in total. The van der Waals surface area contributed by atoms with Crippen molar-refractivity contribution in [1.82, 2.24) is 9.55 Å². The molecule has 4 rings (SSSR count). The second-order valence-corrected chi connectivity index (χ2v) is 8.20. The summed E-state index contributed by atoms with van der Waals surface area (Å²) >= 11 is 0. The Morgan fingerprint density at radius 1 is 0.912 bits per heavy atom. The van der Waals surface area contributed by atoms with E-state index in [0.717, 1.165) is 47.4 Å². The molecule has 6 heteroatoms. The fraction of sp³-hybridized carbons (Fsp3) is 0.286. The van der Waals surface area contributed by atoms with Gasteiger partial charge in [-0.25, -0.2) is 4.98 Å². The molecule has 0 saturated carbocycles. The quantitative estimate of drug-likeness (QED) is 0.212. The molecule has 0 fully saturated rings. The summed E-state index contributed by atoms with van der Waals surface area (Å²) in [5.41, 5.74) is 5.06. The maximum Gasteiger partial charge on any atom is 0.305 e. The van der Waals surface area contributed by atoms with Gasteiger partial charge in [0.25, 0.3) is 0 Å². The SMILES string of the molecule is COC(=O)CCCCCOc1cc2nc(-c3ccccc3)n(-c3ccc(C)cc3)c2cc1OC. The maximum absolute atomic E-state index is 11.2. The second-order valence-electron chi connectivity index (χ2n) is 8.20. The van der Waals surface area contributed by atoms with Crippen molar-refractivity contribution in [1.29, 1.82) is 0 Å². The van der Waals surface area contributed by atoms with Crippen molar-refractivity contribution < 1.29 is 19.0 Å². The van der Waals surface area contributed by atoms with Crippen LogP contribution < -0.4 is 9.47 Å². The third kappa shape index (κ3) is 5.22. The van der Waals surface area contributed by atoms with Crippen LogP contribution in [0.15, 0.2) is 66.7 Å². The predicted octanol–water partition coefficient (Wildman–Crippen LogP) is 6.12. The number of aryl methyl sites for hydroxylation is 1. The standard InChI is InChI=1S/C28H30N2O4/c1-20-13-15-22(16-14-20)30-24-19-25(32-2)26(34-17-9-5-8-12-27(31)33-3)18-23(24)29-28(30)21-10-6-4-7-11-21/h4,6-7,10-11,13-16,18-19H,5,8-9,12,17H2,1-3H3. The van der Waals surface area contributed by atoms with Gasteiger partial charge >= 0.3 is 5.97 Å². The average molecular weight is 459 g/mol. The molecule has 176 valence electrons. The van der Waals surface area contributed by atoms with Gasteiger partial charge in [-0.3, -0.25) is 9.36 Å². The molecule has 34 heavy (non-hydrogen) atoms. The van der Waals surface area contributed by atoms with Crippen molar-refractivity contribution in [2.24, 2.45) is 0 Å². The van der Waals surface area contributed by atoms with Gasteiger partial charge in [-0.05, 0) is 38.3 Å². The van der Waals surface area contributed by atoms with E-state index in [1.54, 1.807) is 7.11 Å². The first-order chi connectivity index (χ1) is 16.6. The largest absolute Gasteiger partial charge is 0.493 e. The van der Waals surface area contributed by atoms with Gasteiger partial charge in [-0.2, -0.15) is 0 Å². The first-order valence-corrected chi connectivity index (χ1v) is 11.5. The number of ether oxygens (including phenoxy) is 3. The van der Waals surface area contributed by atoms with E-state index in [4.69, 9.17) is 14.5 Å². The summed E-state index contributed by atoms with van der Waals surface area (Å²) < 4.78 is 18.6. The van der Waals surface area contributed by atoms with E-state index in [-0.39, 0.29) is 5.97 Å². The van der Waals surface area contributed by atoms with Crippen LogP contribution in [0.25, 0.3) is 28.1 Å². The zero-order chi connectivity index (χ0) is 23.9. The van der Waals surface area contributed by atoms with E-state index >= 15 is 0 Å². The van der Waals surface area contributed by atoms with E-state index in [9.17, 15) is 4.79 Å². The van der Waals surface area contributed by atoms with E-state index in [2.05, 4.69) is 52.6 Å². The van der Waals surface area contributed by atoms with E-state index in [1.165, 1.54) is 12.7 Å². The molecule has 0 aliphatic heterocycles. The summed E-state index contributed by atoms with van der Waals surface area (Å²) in [4.78, 5) is 16.2. The van der Waals surface area contributed by atoms with Crippen molar-refractivity contribution >= 4 is 17.0 Å². The molecule has 0 unspecified atom stereocenters. The molecule has 0 amide bonds. The smallest absolute Gasteiger partial charge is 0.305 e. The number of carbonyl (C=O) groups excluding carboxylic acids is 1. The third-order valence-electron chi connectivity index (χ3n) is 5.77. The molecule has 1 heterocycles. The minimum Gasteiger partial charge on any atom is -0.493 e. The Balaban J connectivity index is 1.65. The molecule has 0 aliphatic rings. The molecule has 0 radical (unpaired) electrons. The van der Waals surface area contributed by atoms with Gasteiger partial charge in [0.15, 0.2) is 11.5 Å². The second kappa shape index (κ2) is 10.9. The molecular formula is C28H30N2O4. The van der Waals surface area contributed by atoms with Gasteiger partial charge in [0.2, 0.25) is 0 Å². The number of aromatic nitrogens is 2. The van der Waals surface area contributed by atoms with Crippen LogP contribution in [-0.4, -0.2) is 36.3 Å². The normalized spacial score (nSPS) is 10.9. The number of hydrogen-bond acceptors (Lipinski definition) is 5. The van der Waals surface area contributed by atoms with Crippen LogP contribution in [0, 0.1) is 6.92 Å². The first-order valence-electron chi connectivity index (χ1n) is 11.5. The van der Waals surface area contributed by atoms with E-state index in [0.29, 0.717) is 24.5 Å². The summed E-state index contributed by atoms with van der Waals surface area (Å²) in [5, 5.41) is 0. The molecule has 0 saturated heterocycles. The lowest BCUT2D eigenvalue weighted by Gasteiger charge is -2.13. The van der Waals surface area contributed by atoms with Crippen molar-refractivity contribution in [2.75, 3.05) is 20.8 Å². The Kier molecular flexibility index (Phi) is 7.48. The van der Waals surface area contributed by atoms with Gasteiger partial charge in [0.05, 0.1) is 31.9 Å². The minimum atomic E-state index is -0.175. The lowest BCUT2D eigenvalue weighted by molar-refractivity contribution is -0.140. The summed E-state index contributed by atoms with van der Waals surface area (Å²) in [7, 11) is 3.06. The Labute approximate surface area is 200 Å². The molecule has 0 N–H and O–H groups in total. The predicted molar refractivity (Wildman–Crippen MR) is 134 cm³/mol. The van der Waals surface area contributed by atoms with E-state index < -0.39 is 0 Å². The molecule has 0 atom stereocenters. The van der Waals surface area contributed by atoms with E-state index in [1.807, 2.05) is 30.3 Å². The fourth-order valence-corrected chi connectivity index (χ4v) is 3.93. The number of benzene rings is 3. The highest BCUT2D eigenvalue weighted by molar-refractivity contribution is 5.86. The lowest BCUT2D eigenvalue weighted by Crippen LogP contribution is -2.02. The average Bonchev–Trinajstić information content (AvgIpc) is 3.24. The zero-order valence-electron chi connectivity index (χ0n) is 19.9. The monoisotopic (exact) mass is 458 g/mol. The zero-order valence-corrected chi connectivity index (χ0v) is 19.9. The number of nitrogens with zero attached hydrogens (tertiary/aromatic N) is 2. The molecule has 0 bridgehead atoms. The van der Waals surface area contributed by atoms with Crippen molar-refractivity contribution in [3.63, 3.8) is 0 Å². The molecule has 0 aliphatic carbocycles. The molecule has 4 aromatic rings. The van der Waals surface area contributed by atoms with Gasteiger partial charge in [0, 0.05) is 29.8 Å². The summed E-state index contributed by atoms with van der Waals surface area (Å²) in [6, 6.07) is 22.5. The highest BCUT2D eigenvalue weighted by Gasteiger charge is 2.18. The Morgan fingerprint density at radius 2 is 1.68 bits per heavy atom. The number of unbranched alkanes of at least 4 members (excludes halogenated alkanes) is 2. The van der Waals surface area contributed by atoms with Crippen LogP contribution in [0.5, 0.6) is 11.5 Å². The third-order valence-corrected chi connectivity index (χ3v) is 5.77. The molecule has 0 spiro atoms. The van der Waals surface area contributed by atoms with Gasteiger partial charge < -0.3 is 14.2 Å². The van der Waals surface area contributed by atoms with Gasteiger partial charge in [0.1, 0.15) is 5.82 Å². The highest BCUT2D eigenvalue weighted by Crippen LogP contribution is 2.36. The Bertz CT molecular complexity index is 1250. The van der Waals surface area contributed by atoms with Crippen molar-refractivity contribution in [3.8, 4) is 28.6 Å². The fourth-order valence-electron chi connectivity index (χ4n) is 3.93. The molecule has 1 aromatic heterocycles. The number of fused-ring (bicyclic) bond motifs is 1. The summed E-state index contributed by atoms with van der Waals surface area (Å²) in [6.07, 6.45) is 2.95. The number of carbonyl (C=O) groups is 1. The lowest BCUT2D eigenvalue weighted by atomic mass is 10.2. The van der Waals surface area contributed by atoms with Crippen LogP contribution in [0.4, 0.5) is 0 Å². The topological polar surface area (TPSA) is 62.6 Å². The van der Waals surface area contributed by atoms with Gasteiger partial charge in [-0.1, -0.05) is 48.0 Å². The molecule has 3 aromatic carbocycles. The Hall–Kier alpha value is -3.80. The van der Waals surface area contributed by atoms with Crippen LogP contribution in [0.2, 0.25) is 0 Å². The number of esters is 1. The highest BCUT2D eigenvalue weighted by atomic mass is 16.5.